The van der Waals surface area contributed by atoms with Crippen LogP contribution in [0.5, 0.6) is 0 Å². The van der Waals surface area contributed by atoms with E-state index in [9.17, 15) is 0 Å². The molecule has 4 heterocycles. The van der Waals surface area contributed by atoms with Crippen molar-refractivity contribution in [1.82, 2.24) is 14.5 Å². The first kappa shape index (κ1) is 28.5. The standard InChI is InChI=1S/C46H31N3O/c1-3-13-35(41-16-7-9-25-47-41)33(11-1)30-19-22-43-38(27-30)39-28-31(34-12-2-4-14-36(34)42-17-8-10-26-48-42)20-23-44(39)49(43)32-21-24-46-40(29-32)37-15-5-6-18-45(37)50-46/h1-5,7-17,19-29H,6,18H2. The Bertz CT molecular complexity index is 2610. The van der Waals surface area contributed by atoms with Crippen LogP contribution < -0.4 is 0 Å². The zero-order valence-corrected chi connectivity index (χ0v) is 27.3. The topological polar surface area (TPSA) is 43.9 Å². The maximum absolute atomic E-state index is 6.29. The summed E-state index contributed by atoms with van der Waals surface area (Å²) in [4.78, 5) is 9.40. The van der Waals surface area contributed by atoms with Gasteiger partial charge in [-0.3, -0.25) is 9.97 Å². The third-order valence-electron chi connectivity index (χ3n) is 9.99. The van der Waals surface area contributed by atoms with Gasteiger partial charge in [-0.25, -0.2) is 0 Å². The van der Waals surface area contributed by atoms with Crippen molar-refractivity contribution in [1.29, 1.82) is 0 Å². The first-order valence-electron chi connectivity index (χ1n) is 17.1. The molecule has 0 amide bonds. The van der Waals surface area contributed by atoms with E-state index in [1.807, 2.05) is 36.7 Å². The molecule has 236 valence electrons. The number of furan rings is 1. The molecule has 0 radical (unpaired) electrons. The Kier molecular flexibility index (Phi) is 6.59. The van der Waals surface area contributed by atoms with E-state index in [1.165, 1.54) is 16.3 Å². The minimum atomic E-state index is 0.938. The second-order valence-corrected chi connectivity index (χ2v) is 12.9. The van der Waals surface area contributed by atoms with Crippen LogP contribution in [-0.4, -0.2) is 14.5 Å². The minimum Gasteiger partial charge on any atom is -0.460 e. The molecule has 1 aliphatic carbocycles. The van der Waals surface area contributed by atoms with Gasteiger partial charge in [-0.05, 0) is 95.4 Å². The highest BCUT2D eigenvalue weighted by Crippen LogP contribution is 2.41. The van der Waals surface area contributed by atoms with Gasteiger partial charge < -0.3 is 8.98 Å². The normalized spacial score (nSPS) is 12.6. The second-order valence-electron chi connectivity index (χ2n) is 12.9. The molecule has 10 rings (SSSR count). The van der Waals surface area contributed by atoms with E-state index in [0.717, 1.165) is 91.1 Å². The lowest BCUT2D eigenvalue weighted by Crippen LogP contribution is -1.94. The predicted octanol–water partition coefficient (Wildman–Crippen LogP) is 11.9. The SMILES string of the molecule is C1=Cc2c(oc3ccc(-n4c5ccc(-c6ccccc6-c6ccccn6)cc5c5cc(-c6ccccc6-c6ccccn6)ccc54)cc23)CC1. The van der Waals surface area contributed by atoms with Gasteiger partial charge in [0.2, 0.25) is 0 Å². The van der Waals surface area contributed by atoms with Gasteiger partial charge in [0.15, 0.2) is 0 Å². The second kappa shape index (κ2) is 11.6. The van der Waals surface area contributed by atoms with Crippen molar-refractivity contribution in [2.75, 3.05) is 0 Å². The van der Waals surface area contributed by atoms with Crippen molar-refractivity contribution in [2.45, 2.75) is 12.8 Å². The summed E-state index contributed by atoms with van der Waals surface area (Å²) in [5, 5.41) is 3.55. The van der Waals surface area contributed by atoms with Crippen LogP contribution >= 0.6 is 0 Å². The molecule has 0 fully saturated rings. The molecule has 0 atom stereocenters. The number of aromatic nitrogens is 3. The molecule has 5 aromatic carbocycles. The summed E-state index contributed by atoms with van der Waals surface area (Å²) in [5.74, 6) is 1.08. The maximum Gasteiger partial charge on any atom is 0.135 e. The Morgan fingerprint density at radius 1 is 0.520 bits per heavy atom. The number of benzene rings is 5. The number of allylic oxidation sites excluding steroid dienone is 1. The van der Waals surface area contributed by atoms with Crippen molar-refractivity contribution >= 4 is 38.9 Å². The number of nitrogens with zero attached hydrogens (tertiary/aromatic N) is 3. The van der Waals surface area contributed by atoms with Crippen LogP contribution in [0.15, 0.2) is 162 Å². The lowest BCUT2D eigenvalue weighted by molar-refractivity contribution is 0.546. The zero-order valence-electron chi connectivity index (χ0n) is 27.3. The molecule has 4 heteroatoms. The number of fused-ring (bicyclic) bond motifs is 6. The molecule has 0 N–H and O–H groups in total. The van der Waals surface area contributed by atoms with Crippen molar-refractivity contribution < 1.29 is 4.42 Å². The number of rotatable bonds is 5. The molecule has 4 nitrogen and oxygen atoms in total. The van der Waals surface area contributed by atoms with Crippen LogP contribution in [0.1, 0.15) is 17.7 Å². The highest BCUT2D eigenvalue weighted by molar-refractivity contribution is 6.12. The number of pyridine rings is 2. The third kappa shape index (κ3) is 4.61. The average Bonchev–Trinajstić information content (AvgIpc) is 3.73. The number of aryl methyl sites for hydroxylation is 1. The molecule has 50 heavy (non-hydrogen) atoms. The molecule has 9 aromatic rings. The Hall–Kier alpha value is -6.52. The summed E-state index contributed by atoms with van der Waals surface area (Å²) in [7, 11) is 0. The van der Waals surface area contributed by atoms with Gasteiger partial charge in [-0.15, -0.1) is 0 Å². The Morgan fingerprint density at radius 3 is 1.68 bits per heavy atom. The fourth-order valence-corrected chi connectivity index (χ4v) is 7.68. The molecule has 0 aliphatic heterocycles. The molecule has 0 spiro atoms. The molecule has 0 bridgehead atoms. The van der Waals surface area contributed by atoms with Crippen molar-refractivity contribution in [2.24, 2.45) is 0 Å². The third-order valence-corrected chi connectivity index (χ3v) is 9.99. The lowest BCUT2D eigenvalue weighted by Gasteiger charge is -2.11. The average molecular weight is 642 g/mol. The maximum atomic E-state index is 6.29. The van der Waals surface area contributed by atoms with Gasteiger partial charge in [-0.1, -0.05) is 84.9 Å². The first-order chi connectivity index (χ1) is 24.8. The Balaban J connectivity index is 1.23. The molecule has 4 aromatic heterocycles. The smallest absolute Gasteiger partial charge is 0.135 e. The largest absolute Gasteiger partial charge is 0.460 e. The van der Waals surface area contributed by atoms with Crippen molar-refractivity contribution in [3.8, 4) is 50.5 Å². The molecular weight excluding hydrogens is 611 g/mol. The fraction of sp³-hybridized carbons (Fsp3) is 0.0435. The molecule has 0 saturated heterocycles. The Labute approximate surface area is 289 Å². The van der Waals surface area contributed by atoms with E-state index >= 15 is 0 Å². The number of hydrogen-bond acceptors (Lipinski definition) is 3. The quantitative estimate of drug-likeness (QED) is 0.188. The van der Waals surface area contributed by atoms with E-state index in [2.05, 4.69) is 132 Å². The van der Waals surface area contributed by atoms with E-state index in [1.54, 1.807) is 0 Å². The summed E-state index contributed by atoms with van der Waals surface area (Å²) in [5.41, 5.74) is 14.3. The Morgan fingerprint density at radius 2 is 1.10 bits per heavy atom. The summed E-state index contributed by atoms with van der Waals surface area (Å²) < 4.78 is 8.69. The van der Waals surface area contributed by atoms with Gasteiger partial charge in [0.1, 0.15) is 11.3 Å². The highest BCUT2D eigenvalue weighted by Gasteiger charge is 2.20. The van der Waals surface area contributed by atoms with Crippen molar-refractivity contribution in [3.05, 3.63) is 169 Å². The van der Waals surface area contributed by atoms with Crippen LogP contribution in [0, 0.1) is 0 Å². The van der Waals surface area contributed by atoms with Gasteiger partial charge in [-0.2, -0.15) is 0 Å². The summed E-state index contributed by atoms with van der Waals surface area (Å²) >= 11 is 0. The molecule has 1 aliphatic rings. The van der Waals surface area contributed by atoms with E-state index in [-0.39, 0.29) is 0 Å². The summed E-state index contributed by atoms with van der Waals surface area (Å²) in [6.07, 6.45) is 10.1. The summed E-state index contributed by atoms with van der Waals surface area (Å²) in [6, 6.07) is 49.6. The highest BCUT2D eigenvalue weighted by atomic mass is 16.3. The van der Waals surface area contributed by atoms with E-state index in [4.69, 9.17) is 14.4 Å². The van der Waals surface area contributed by atoms with Gasteiger partial charge in [0, 0.05) is 57.4 Å². The van der Waals surface area contributed by atoms with Crippen molar-refractivity contribution in [3.63, 3.8) is 0 Å². The van der Waals surface area contributed by atoms with Crippen LogP contribution in [0.2, 0.25) is 0 Å². The molecule has 0 saturated carbocycles. The van der Waals surface area contributed by atoms with Gasteiger partial charge in [0.05, 0.1) is 22.4 Å². The van der Waals surface area contributed by atoms with Crippen LogP contribution in [0.4, 0.5) is 0 Å². The minimum absolute atomic E-state index is 0.938. The molecule has 0 unspecified atom stereocenters. The fourth-order valence-electron chi connectivity index (χ4n) is 7.68. The van der Waals surface area contributed by atoms with Gasteiger partial charge in [0.25, 0.3) is 0 Å². The number of hydrogen-bond donors (Lipinski definition) is 0. The zero-order chi connectivity index (χ0) is 33.0. The lowest BCUT2D eigenvalue weighted by atomic mass is 9.94. The van der Waals surface area contributed by atoms with E-state index < -0.39 is 0 Å². The summed E-state index contributed by atoms with van der Waals surface area (Å²) in [6.45, 7) is 0. The van der Waals surface area contributed by atoms with Gasteiger partial charge >= 0.3 is 0 Å². The first-order valence-corrected chi connectivity index (χ1v) is 17.1. The van der Waals surface area contributed by atoms with Crippen LogP contribution in [-0.2, 0) is 6.42 Å². The van der Waals surface area contributed by atoms with E-state index in [0.29, 0.717) is 0 Å². The predicted molar refractivity (Wildman–Crippen MR) is 205 cm³/mol. The molecular formula is C46H31N3O. The van der Waals surface area contributed by atoms with Crippen LogP contribution in [0.3, 0.4) is 0 Å². The van der Waals surface area contributed by atoms with Crippen LogP contribution in [0.25, 0.3) is 89.3 Å². The monoisotopic (exact) mass is 641 g/mol.